The molecule has 0 atom stereocenters. The molecule has 6 heteroatoms. The van der Waals surface area contributed by atoms with Crippen LogP contribution in [0.2, 0.25) is 0 Å². The van der Waals surface area contributed by atoms with E-state index in [0.29, 0.717) is 29.0 Å². The van der Waals surface area contributed by atoms with Crippen molar-refractivity contribution in [3.05, 3.63) is 42.2 Å². The number of anilines is 1. The van der Waals surface area contributed by atoms with Crippen molar-refractivity contribution in [2.24, 2.45) is 0 Å². The van der Waals surface area contributed by atoms with Crippen LogP contribution in [-0.2, 0) is 6.54 Å². The highest BCUT2D eigenvalue weighted by molar-refractivity contribution is 6.12. The molecule has 0 saturated heterocycles. The van der Waals surface area contributed by atoms with Gasteiger partial charge in [-0.25, -0.2) is 9.97 Å². The van der Waals surface area contributed by atoms with Crippen molar-refractivity contribution in [2.45, 2.75) is 26.8 Å². The fourth-order valence-electron chi connectivity index (χ4n) is 3.56. The number of benzene rings is 1. The summed E-state index contributed by atoms with van der Waals surface area (Å²) < 4.78 is 7.01. The van der Waals surface area contributed by atoms with Gasteiger partial charge in [0, 0.05) is 41.5 Å². The lowest BCUT2D eigenvalue weighted by atomic mass is 9.98. The lowest BCUT2D eigenvalue weighted by Gasteiger charge is -2.11. The molecule has 3 N–H and O–H groups in total. The molecule has 0 unspecified atom stereocenters. The van der Waals surface area contributed by atoms with E-state index in [0.717, 1.165) is 34.0 Å². The number of fused-ring (bicyclic) bond motifs is 2. The summed E-state index contributed by atoms with van der Waals surface area (Å²) in [5.74, 6) is 0.749. The average Bonchev–Trinajstić information content (AvgIpc) is 2.98. The van der Waals surface area contributed by atoms with E-state index in [9.17, 15) is 5.11 Å². The van der Waals surface area contributed by atoms with Gasteiger partial charge >= 0.3 is 0 Å². The monoisotopic (exact) mass is 362 g/mol. The summed E-state index contributed by atoms with van der Waals surface area (Å²) in [6.45, 7) is 4.80. The number of nitrogens with zero attached hydrogens (tertiary/aromatic N) is 3. The first-order valence-corrected chi connectivity index (χ1v) is 8.96. The van der Waals surface area contributed by atoms with Crippen LogP contribution in [0.3, 0.4) is 0 Å². The summed E-state index contributed by atoms with van der Waals surface area (Å²) in [6, 6.07) is 7.80. The molecule has 1 aromatic carbocycles. The topological polar surface area (TPSA) is 86.2 Å². The highest BCUT2D eigenvalue weighted by Crippen LogP contribution is 2.39. The molecule has 0 radical (unpaired) electrons. The molecule has 3 aromatic heterocycles. The van der Waals surface area contributed by atoms with Gasteiger partial charge in [0.05, 0.1) is 29.2 Å². The van der Waals surface area contributed by atoms with Crippen molar-refractivity contribution in [1.29, 1.82) is 0 Å². The Morgan fingerprint density at radius 2 is 2.07 bits per heavy atom. The molecule has 6 nitrogen and oxygen atoms in total. The van der Waals surface area contributed by atoms with Gasteiger partial charge in [-0.2, -0.15) is 0 Å². The molecule has 0 fully saturated rings. The predicted octanol–water partition coefficient (Wildman–Crippen LogP) is 4.27. The first kappa shape index (κ1) is 17.1. The molecular weight excluding hydrogens is 340 g/mol. The zero-order chi connectivity index (χ0) is 19.1. The van der Waals surface area contributed by atoms with E-state index in [2.05, 4.69) is 11.9 Å². The van der Waals surface area contributed by atoms with E-state index >= 15 is 0 Å². The number of rotatable bonds is 4. The highest BCUT2D eigenvalue weighted by atomic mass is 16.5. The van der Waals surface area contributed by atoms with Crippen LogP contribution in [0.5, 0.6) is 11.8 Å². The van der Waals surface area contributed by atoms with Crippen LogP contribution in [-0.4, -0.2) is 26.8 Å². The Morgan fingerprint density at radius 3 is 2.78 bits per heavy atom. The Hall–Kier alpha value is -3.28. The molecule has 27 heavy (non-hydrogen) atoms. The van der Waals surface area contributed by atoms with Crippen molar-refractivity contribution in [3.63, 3.8) is 0 Å². The number of hydrogen-bond donors (Lipinski definition) is 2. The van der Waals surface area contributed by atoms with E-state index in [-0.39, 0.29) is 5.88 Å². The van der Waals surface area contributed by atoms with Crippen LogP contribution >= 0.6 is 0 Å². The Morgan fingerprint density at radius 1 is 1.26 bits per heavy atom. The summed E-state index contributed by atoms with van der Waals surface area (Å²) in [5.41, 5.74) is 11.5. The second kappa shape index (κ2) is 6.46. The van der Waals surface area contributed by atoms with Crippen molar-refractivity contribution < 1.29 is 9.84 Å². The number of aromatic nitrogens is 3. The van der Waals surface area contributed by atoms with Crippen LogP contribution < -0.4 is 10.5 Å². The van der Waals surface area contributed by atoms with E-state index in [1.165, 1.54) is 0 Å². The third-order valence-electron chi connectivity index (χ3n) is 4.91. The largest absolute Gasteiger partial charge is 0.494 e. The molecule has 0 aliphatic carbocycles. The lowest BCUT2D eigenvalue weighted by molar-refractivity contribution is 0.397. The van der Waals surface area contributed by atoms with Crippen molar-refractivity contribution in [3.8, 4) is 22.9 Å². The zero-order valence-electron chi connectivity index (χ0n) is 15.7. The van der Waals surface area contributed by atoms with Crippen molar-refractivity contribution in [2.75, 3.05) is 12.8 Å². The average molecular weight is 362 g/mol. The fourth-order valence-corrected chi connectivity index (χ4v) is 3.56. The van der Waals surface area contributed by atoms with E-state index in [1.54, 1.807) is 17.9 Å². The van der Waals surface area contributed by atoms with Crippen molar-refractivity contribution in [1.82, 2.24) is 14.5 Å². The highest BCUT2D eigenvalue weighted by Gasteiger charge is 2.18. The van der Waals surface area contributed by atoms with E-state index in [1.807, 2.05) is 37.4 Å². The van der Waals surface area contributed by atoms with Gasteiger partial charge < -0.3 is 20.1 Å². The fraction of sp³-hybridized carbons (Fsp3) is 0.238. The number of nitrogens with two attached hydrogens (primary N) is 1. The van der Waals surface area contributed by atoms with Gasteiger partial charge in [0.15, 0.2) is 0 Å². The minimum absolute atomic E-state index is 0.173. The second-order valence-corrected chi connectivity index (χ2v) is 6.68. The predicted molar refractivity (Wildman–Crippen MR) is 108 cm³/mol. The molecule has 0 aliphatic heterocycles. The Labute approximate surface area is 157 Å². The van der Waals surface area contributed by atoms with Crippen molar-refractivity contribution >= 4 is 27.5 Å². The van der Waals surface area contributed by atoms with Gasteiger partial charge in [0.1, 0.15) is 0 Å². The maximum Gasteiger partial charge on any atom is 0.213 e. The van der Waals surface area contributed by atoms with Gasteiger partial charge in [-0.15, -0.1) is 0 Å². The minimum atomic E-state index is 0.173. The molecular formula is C21H22N4O2. The van der Waals surface area contributed by atoms with Crippen LogP contribution in [0.15, 0.2) is 36.7 Å². The first-order chi connectivity index (χ1) is 13.0. The van der Waals surface area contributed by atoms with Gasteiger partial charge in [-0.1, -0.05) is 25.1 Å². The zero-order valence-corrected chi connectivity index (χ0v) is 15.7. The smallest absolute Gasteiger partial charge is 0.213 e. The summed E-state index contributed by atoms with van der Waals surface area (Å²) >= 11 is 0. The van der Waals surface area contributed by atoms with Crippen LogP contribution in [0.25, 0.3) is 32.9 Å². The normalized spacial score (nSPS) is 11.4. The second-order valence-electron chi connectivity index (χ2n) is 6.68. The van der Waals surface area contributed by atoms with Crippen LogP contribution in [0.4, 0.5) is 5.69 Å². The molecule has 0 amide bonds. The van der Waals surface area contributed by atoms with Gasteiger partial charge in [0.25, 0.3) is 0 Å². The quantitative estimate of drug-likeness (QED) is 0.566. The lowest BCUT2D eigenvalue weighted by Crippen LogP contribution is -1.95. The number of aromatic hydroxyl groups is 1. The SMILES string of the molecule is CCCn1cc2nc3c(-c4cnc(OC)cc4C)cccc3c(N)c2c1O. The number of nitrogen functional groups attached to an aromatic ring is 1. The molecule has 0 bridgehead atoms. The molecule has 0 aliphatic rings. The summed E-state index contributed by atoms with van der Waals surface area (Å²) in [7, 11) is 1.60. The maximum atomic E-state index is 10.6. The van der Waals surface area contributed by atoms with E-state index < -0.39 is 0 Å². The molecule has 4 rings (SSSR count). The first-order valence-electron chi connectivity index (χ1n) is 8.96. The third kappa shape index (κ3) is 2.65. The maximum absolute atomic E-state index is 10.6. The summed E-state index contributed by atoms with van der Waals surface area (Å²) in [6.07, 6.45) is 4.57. The number of aryl methyl sites for hydroxylation is 2. The Kier molecular flexibility index (Phi) is 4.11. The van der Waals surface area contributed by atoms with Crippen LogP contribution in [0, 0.1) is 6.92 Å². The van der Waals surface area contributed by atoms with Gasteiger partial charge in [-0.3, -0.25) is 0 Å². The summed E-state index contributed by atoms with van der Waals surface area (Å²) in [5, 5.41) is 12.0. The number of ether oxygens (including phenoxy) is 1. The molecule has 138 valence electrons. The number of methoxy groups -OCH3 is 1. The molecule has 4 aromatic rings. The molecule has 0 spiro atoms. The number of hydrogen-bond acceptors (Lipinski definition) is 5. The standard InChI is InChI=1S/C21H22N4O2/c1-4-8-25-11-16-18(21(25)26)19(22)14-7-5-6-13(20(14)24-16)15-10-23-17(27-3)9-12(15)2/h5-7,9-11,26H,4,8,22H2,1-3H3. The van der Waals surface area contributed by atoms with E-state index in [4.69, 9.17) is 15.5 Å². The van der Waals surface area contributed by atoms with Gasteiger partial charge in [0.2, 0.25) is 11.8 Å². The number of para-hydroxylation sites is 1. The molecule has 3 heterocycles. The Bertz CT molecular complexity index is 1160. The summed E-state index contributed by atoms with van der Waals surface area (Å²) in [4.78, 5) is 9.19. The Balaban J connectivity index is 2.02. The van der Waals surface area contributed by atoms with Crippen LogP contribution in [0.1, 0.15) is 18.9 Å². The minimum Gasteiger partial charge on any atom is -0.494 e. The third-order valence-corrected chi connectivity index (χ3v) is 4.91. The van der Waals surface area contributed by atoms with Gasteiger partial charge in [-0.05, 0) is 18.9 Å². The molecule has 0 saturated carbocycles. The number of pyridine rings is 2.